The molecule has 0 aliphatic heterocycles. The van der Waals surface area contributed by atoms with Gasteiger partial charge >= 0.3 is 0 Å². The molecule has 0 radical (unpaired) electrons. The van der Waals surface area contributed by atoms with E-state index >= 15 is 0 Å². The molecule has 4 nitrogen and oxygen atoms in total. The molecule has 0 saturated heterocycles. The van der Waals surface area contributed by atoms with Gasteiger partial charge in [-0.05, 0) is 6.92 Å². The number of ketones is 1. The number of benzene rings is 1. The molecule has 0 saturated carbocycles. The predicted molar refractivity (Wildman–Crippen MR) is 72.0 cm³/mol. The van der Waals surface area contributed by atoms with Crippen molar-refractivity contribution in [2.24, 2.45) is 0 Å². The van der Waals surface area contributed by atoms with Crippen LogP contribution >= 0.6 is 11.8 Å². The van der Waals surface area contributed by atoms with E-state index in [0.29, 0.717) is 10.9 Å². The zero-order chi connectivity index (χ0) is 13.0. The summed E-state index contributed by atoms with van der Waals surface area (Å²) in [5, 5.41) is 7.51. The van der Waals surface area contributed by atoms with Crippen LogP contribution in [0.4, 0.5) is 0 Å². The van der Waals surface area contributed by atoms with Crippen molar-refractivity contribution < 1.29 is 4.79 Å². The third kappa shape index (κ3) is 3.20. The van der Waals surface area contributed by atoms with Crippen LogP contribution in [0, 0.1) is 6.92 Å². The molecule has 0 atom stereocenters. The van der Waals surface area contributed by atoms with E-state index in [4.69, 9.17) is 0 Å². The fraction of sp³-hybridized carbons (Fsp3) is 0.308. The first-order chi connectivity index (χ1) is 8.69. The van der Waals surface area contributed by atoms with Gasteiger partial charge in [-0.3, -0.25) is 9.89 Å². The molecule has 0 spiro atoms. The average molecular weight is 261 g/mol. The van der Waals surface area contributed by atoms with Gasteiger partial charge in [-0.1, -0.05) is 48.5 Å². The summed E-state index contributed by atoms with van der Waals surface area (Å²) in [6.45, 7) is 4.01. The third-order valence-electron chi connectivity index (χ3n) is 2.55. The second-order valence-electron chi connectivity index (χ2n) is 4.00. The van der Waals surface area contributed by atoms with Gasteiger partial charge in [0.15, 0.2) is 5.78 Å². The fourth-order valence-electron chi connectivity index (χ4n) is 1.45. The Labute approximate surface area is 110 Å². The van der Waals surface area contributed by atoms with Crippen molar-refractivity contribution in [1.82, 2.24) is 15.2 Å². The number of aromatic nitrogens is 3. The number of aryl methyl sites for hydroxylation is 2. The first kappa shape index (κ1) is 12.8. The Hall–Kier alpha value is -1.62. The summed E-state index contributed by atoms with van der Waals surface area (Å²) < 4.78 is 0. The second-order valence-corrected chi connectivity index (χ2v) is 4.94. The molecule has 1 aromatic heterocycles. The molecule has 0 fully saturated rings. The lowest BCUT2D eigenvalue weighted by atomic mass is 10.1. The van der Waals surface area contributed by atoms with E-state index < -0.39 is 0 Å². The molecule has 0 aliphatic rings. The van der Waals surface area contributed by atoms with Gasteiger partial charge in [0.25, 0.3) is 0 Å². The molecule has 0 bridgehead atoms. The van der Waals surface area contributed by atoms with Gasteiger partial charge in [0, 0.05) is 12.0 Å². The van der Waals surface area contributed by atoms with Crippen molar-refractivity contribution >= 4 is 17.5 Å². The van der Waals surface area contributed by atoms with Gasteiger partial charge in [0.2, 0.25) is 5.16 Å². The highest BCUT2D eigenvalue weighted by molar-refractivity contribution is 7.99. The number of H-pyrrole nitrogens is 1. The van der Waals surface area contributed by atoms with Crippen LogP contribution in [-0.2, 0) is 6.42 Å². The number of nitrogens with zero attached hydrogens (tertiary/aromatic N) is 2. The van der Waals surface area contributed by atoms with E-state index in [-0.39, 0.29) is 5.78 Å². The number of hydrogen-bond donors (Lipinski definition) is 1. The highest BCUT2D eigenvalue weighted by Crippen LogP contribution is 2.15. The zero-order valence-electron chi connectivity index (χ0n) is 10.4. The van der Waals surface area contributed by atoms with Crippen molar-refractivity contribution in [1.29, 1.82) is 0 Å². The van der Waals surface area contributed by atoms with E-state index in [1.54, 1.807) is 0 Å². The topological polar surface area (TPSA) is 58.6 Å². The van der Waals surface area contributed by atoms with Gasteiger partial charge in [-0.25, -0.2) is 4.98 Å². The van der Waals surface area contributed by atoms with Crippen LogP contribution in [0.5, 0.6) is 0 Å². The van der Waals surface area contributed by atoms with E-state index in [1.807, 2.05) is 38.1 Å². The molecule has 2 rings (SSSR count). The number of carbonyl (C=O) groups is 1. The molecule has 18 heavy (non-hydrogen) atoms. The number of carbonyl (C=O) groups excluding carboxylic acids is 1. The monoisotopic (exact) mass is 261 g/mol. The van der Waals surface area contributed by atoms with E-state index in [2.05, 4.69) is 15.2 Å². The van der Waals surface area contributed by atoms with Gasteiger partial charge in [-0.15, -0.1) is 5.10 Å². The second kappa shape index (κ2) is 5.82. The maximum atomic E-state index is 11.9. The van der Waals surface area contributed by atoms with Crippen molar-refractivity contribution in [3.63, 3.8) is 0 Å². The molecule has 5 heteroatoms. The van der Waals surface area contributed by atoms with E-state index in [1.165, 1.54) is 11.8 Å². The number of rotatable bonds is 5. The Kier molecular flexibility index (Phi) is 4.15. The lowest BCUT2D eigenvalue weighted by Crippen LogP contribution is -2.02. The maximum absolute atomic E-state index is 11.9. The van der Waals surface area contributed by atoms with Gasteiger partial charge in [0.1, 0.15) is 5.82 Å². The van der Waals surface area contributed by atoms with Crippen LogP contribution in [0.1, 0.15) is 28.7 Å². The van der Waals surface area contributed by atoms with Crippen LogP contribution in [0.25, 0.3) is 0 Å². The molecule has 0 unspecified atom stereocenters. The van der Waals surface area contributed by atoms with Gasteiger partial charge in [-0.2, -0.15) is 0 Å². The summed E-state index contributed by atoms with van der Waals surface area (Å²) in [6, 6.07) is 7.60. The van der Waals surface area contributed by atoms with E-state index in [0.717, 1.165) is 23.4 Å². The van der Waals surface area contributed by atoms with Crippen molar-refractivity contribution in [2.45, 2.75) is 25.4 Å². The minimum Gasteiger partial charge on any atom is -0.293 e. The van der Waals surface area contributed by atoms with Crippen LogP contribution in [0.3, 0.4) is 0 Å². The Bertz CT molecular complexity index is 533. The first-order valence-corrected chi connectivity index (χ1v) is 6.81. The summed E-state index contributed by atoms with van der Waals surface area (Å²) in [6.07, 6.45) is 0.819. The van der Waals surface area contributed by atoms with Crippen LogP contribution in [0.2, 0.25) is 0 Å². The molecular formula is C13H15N3OS. The summed E-state index contributed by atoms with van der Waals surface area (Å²) in [4.78, 5) is 16.2. The van der Waals surface area contributed by atoms with Crippen LogP contribution in [0.15, 0.2) is 29.4 Å². The van der Waals surface area contributed by atoms with Crippen molar-refractivity contribution in [2.75, 3.05) is 5.75 Å². The Morgan fingerprint density at radius 2 is 2.06 bits per heavy atom. The Morgan fingerprint density at radius 3 is 2.67 bits per heavy atom. The van der Waals surface area contributed by atoms with Crippen LogP contribution < -0.4 is 0 Å². The smallest absolute Gasteiger partial charge is 0.208 e. The zero-order valence-corrected chi connectivity index (χ0v) is 11.3. The SMILES string of the molecule is CCc1nc(SCC(=O)c2ccc(C)cc2)n[nH]1. The third-order valence-corrected chi connectivity index (χ3v) is 3.40. The lowest BCUT2D eigenvalue weighted by molar-refractivity contribution is 0.102. The number of hydrogen-bond acceptors (Lipinski definition) is 4. The number of nitrogens with one attached hydrogen (secondary N) is 1. The van der Waals surface area contributed by atoms with E-state index in [9.17, 15) is 4.79 Å². The number of thioether (sulfide) groups is 1. The first-order valence-electron chi connectivity index (χ1n) is 5.83. The molecular weight excluding hydrogens is 246 g/mol. The molecule has 1 aromatic carbocycles. The Balaban J connectivity index is 1.93. The Morgan fingerprint density at radius 1 is 1.33 bits per heavy atom. The summed E-state index contributed by atoms with van der Waals surface area (Å²) in [5.74, 6) is 1.31. The van der Waals surface area contributed by atoms with Gasteiger partial charge < -0.3 is 0 Å². The normalized spacial score (nSPS) is 10.6. The minimum absolute atomic E-state index is 0.0999. The summed E-state index contributed by atoms with van der Waals surface area (Å²) >= 11 is 1.36. The largest absolute Gasteiger partial charge is 0.293 e. The quantitative estimate of drug-likeness (QED) is 0.664. The van der Waals surface area contributed by atoms with Gasteiger partial charge in [0.05, 0.1) is 5.75 Å². The predicted octanol–water partition coefficient (Wildman–Crippen LogP) is 2.65. The minimum atomic E-state index is 0.0999. The van der Waals surface area contributed by atoms with Crippen molar-refractivity contribution in [3.8, 4) is 0 Å². The molecule has 1 heterocycles. The summed E-state index contributed by atoms with van der Waals surface area (Å²) in [7, 11) is 0. The molecule has 1 N–H and O–H groups in total. The maximum Gasteiger partial charge on any atom is 0.208 e. The number of aromatic amines is 1. The standard InChI is InChI=1S/C13H15N3OS/c1-3-12-14-13(16-15-12)18-8-11(17)10-6-4-9(2)5-7-10/h4-7H,3,8H2,1-2H3,(H,14,15,16). The summed E-state index contributed by atoms with van der Waals surface area (Å²) in [5.41, 5.74) is 1.89. The van der Waals surface area contributed by atoms with Crippen LogP contribution in [-0.4, -0.2) is 26.7 Å². The average Bonchev–Trinajstić information content (AvgIpc) is 2.85. The van der Waals surface area contributed by atoms with Crippen molar-refractivity contribution in [3.05, 3.63) is 41.2 Å². The fourth-order valence-corrected chi connectivity index (χ4v) is 2.17. The highest BCUT2D eigenvalue weighted by atomic mass is 32.2. The lowest BCUT2D eigenvalue weighted by Gasteiger charge is -1.99. The highest BCUT2D eigenvalue weighted by Gasteiger charge is 2.09. The number of Topliss-reactive ketones (excluding diaryl/α,β-unsaturated/α-hetero) is 1. The molecule has 94 valence electrons. The molecule has 0 aliphatic carbocycles. The molecule has 0 amide bonds. The molecule has 2 aromatic rings.